The zero-order valence-corrected chi connectivity index (χ0v) is 35.6. The third-order valence-corrected chi connectivity index (χ3v) is 9.27. The lowest BCUT2D eigenvalue weighted by atomic mass is 10.2. The second-order valence-corrected chi connectivity index (χ2v) is 14.1. The molecular formula is C49H56N4O9. The van der Waals surface area contributed by atoms with Crippen molar-refractivity contribution in [2.24, 2.45) is 20.5 Å². The van der Waals surface area contributed by atoms with Crippen molar-refractivity contribution in [3.05, 3.63) is 132 Å². The van der Waals surface area contributed by atoms with Gasteiger partial charge in [0.05, 0.1) is 80.1 Å². The third-order valence-electron chi connectivity index (χ3n) is 9.27. The van der Waals surface area contributed by atoms with Crippen LogP contribution in [-0.2, 0) is 16.1 Å². The highest BCUT2D eigenvalue weighted by atomic mass is 16.5. The normalized spacial score (nSPS) is 11.1. The van der Waals surface area contributed by atoms with Crippen molar-refractivity contribution in [3.8, 4) is 23.0 Å². The number of carbonyl (C=O) groups excluding carboxylic acids is 2. The molecule has 13 heteroatoms. The van der Waals surface area contributed by atoms with Gasteiger partial charge in [-0.15, -0.1) is 0 Å². The Hall–Kier alpha value is -6.60. The van der Waals surface area contributed by atoms with Gasteiger partial charge in [0.1, 0.15) is 23.0 Å². The van der Waals surface area contributed by atoms with Gasteiger partial charge >= 0.3 is 11.9 Å². The van der Waals surface area contributed by atoms with E-state index in [0.29, 0.717) is 85.0 Å². The molecule has 0 unspecified atom stereocenters. The smallest absolute Gasteiger partial charge is 0.338 e. The van der Waals surface area contributed by atoms with Crippen molar-refractivity contribution in [1.29, 1.82) is 0 Å². The molecule has 0 aromatic heterocycles. The number of nitrogens with zero attached hydrogens (tertiary/aromatic N) is 4. The molecule has 0 radical (unpaired) electrons. The van der Waals surface area contributed by atoms with E-state index in [1.54, 1.807) is 62.4 Å². The lowest BCUT2D eigenvalue weighted by Crippen LogP contribution is -2.03. The molecule has 0 spiro atoms. The number of rotatable bonds is 27. The SMILES string of the molecule is CCOC(=O)c1ccc(N=Nc2ccc(OCCCCCCOc3cc(CO)cc(OCCCCCCOc4ccc(N=Nc5ccc(C(=O)OCC)cc5)cc4)c3)cc2)cc1. The number of aliphatic hydroxyl groups is 1. The van der Waals surface area contributed by atoms with E-state index in [-0.39, 0.29) is 18.5 Å². The molecular weight excluding hydrogens is 789 g/mol. The average Bonchev–Trinajstić information content (AvgIpc) is 3.30. The molecule has 13 nitrogen and oxygen atoms in total. The Morgan fingerprint density at radius 1 is 0.419 bits per heavy atom. The van der Waals surface area contributed by atoms with E-state index in [9.17, 15) is 14.7 Å². The zero-order valence-electron chi connectivity index (χ0n) is 35.6. The quantitative estimate of drug-likeness (QED) is 0.0308. The first-order valence-corrected chi connectivity index (χ1v) is 21.3. The first-order chi connectivity index (χ1) is 30.4. The summed E-state index contributed by atoms with van der Waals surface area (Å²) in [6.07, 6.45) is 7.72. The van der Waals surface area contributed by atoms with Crippen LogP contribution in [0.1, 0.15) is 91.5 Å². The molecule has 0 saturated heterocycles. The van der Waals surface area contributed by atoms with Gasteiger partial charge in [0.15, 0.2) is 0 Å². The number of azo groups is 2. The molecule has 0 atom stereocenters. The number of hydrogen-bond donors (Lipinski definition) is 1. The van der Waals surface area contributed by atoms with Crippen LogP contribution in [-0.4, -0.2) is 56.7 Å². The van der Waals surface area contributed by atoms with E-state index < -0.39 is 0 Å². The Morgan fingerprint density at radius 2 is 0.726 bits per heavy atom. The highest BCUT2D eigenvalue weighted by molar-refractivity contribution is 5.90. The monoisotopic (exact) mass is 844 g/mol. The molecule has 0 fully saturated rings. The lowest BCUT2D eigenvalue weighted by molar-refractivity contribution is 0.0517. The third kappa shape index (κ3) is 16.8. The van der Waals surface area contributed by atoms with Crippen LogP contribution >= 0.6 is 0 Å². The molecule has 5 aromatic rings. The van der Waals surface area contributed by atoms with Crippen molar-refractivity contribution in [3.63, 3.8) is 0 Å². The second-order valence-electron chi connectivity index (χ2n) is 14.1. The standard InChI is InChI=1S/C49H56N4O9/c1-3-57-48(55)38-13-17-40(18-14-38)50-52-42-21-25-44(26-22-42)59-29-9-5-7-11-31-61-46-33-37(36-54)34-47(35-46)62-32-12-8-6-10-30-60-45-27-23-43(24-28-45)53-51-41-19-15-39(16-20-41)49(56)58-4-2/h13-28,33-35,54H,3-12,29-32,36H2,1-2H3. The number of benzene rings is 5. The summed E-state index contributed by atoms with van der Waals surface area (Å²) >= 11 is 0. The van der Waals surface area contributed by atoms with E-state index in [2.05, 4.69) is 20.5 Å². The fourth-order valence-electron chi connectivity index (χ4n) is 5.97. The van der Waals surface area contributed by atoms with E-state index >= 15 is 0 Å². The molecule has 326 valence electrons. The maximum absolute atomic E-state index is 11.8. The van der Waals surface area contributed by atoms with Crippen LogP contribution in [0.3, 0.4) is 0 Å². The van der Waals surface area contributed by atoms with Gasteiger partial charge < -0.3 is 33.5 Å². The lowest BCUT2D eigenvalue weighted by Gasteiger charge is -2.12. The largest absolute Gasteiger partial charge is 0.494 e. The van der Waals surface area contributed by atoms with Crippen LogP contribution in [0.4, 0.5) is 22.7 Å². The number of hydrogen-bond acceptors (Lipinski definition) is 13. The van der Waals surface area contributed by atoms with Crippen molar-refractivity contribution < 1.29 is 43.1 Å². The Labute approximate surface area is 363 Å². The van der Waals surface area contributed by atoms with Crippen LogP contribution in [0.5, 0.6) is 23.0 Å². The summed E-state index contributed by atoms with van der Waals surface area (Å²) in [5, 5.41) is 26.8. The van der Waals surface area contributed by atoms with Gasteiger partial charge in [0.2, 0.25) is 0 Å². The topological polar surface area (TPSA) is 159 Å². The summed E-state index contributed by atoms with van der Waals surface area (Å²) in [4.78, 5) is 23.6. The van der Waals surface area contributed by atoms with Gasteiger partial charge in [0, 0.05) is 6.07 Å². The number of carbonyl (C=O) groups is 2. The van der Waals surface area contributed by atoms with Crippen LogP contribution in [0.2, 0.25) is 0 Å². The Bertz CT molecular complexity index is 1990. The van der Waals surface area contributed by atoms with Gasteiger partial charge in [-0.3, -0.25) is 0 Å². The summed E-state index contributed by atoms with van der Waals surface area (Å²) in [6.45, 7) is 6.51. The minimum Gasteiger partial charge on any atom is -0.494 e. The highest BCUT2D eigenvalue weighted by Gasteiger charge is 2.08. The van der Waals surface area contributed by atoms with Gasteiger partial charge in [-0.25, -0.2) is 9.59 Å². The molecule has 5 aromatic carbocycles. The second kappa shape index (κ2) is 26.6. The van der Waals surface area contributed by atoms with Crippen molar-refractivity contribution in [2.75, 3.05) is 39.6 Å². The molecule has 1 N–H and O–H groups in total. The van der Waals surface area contributed by atoms with E-state index in [1.807, 2.05) is 66.7 Å². The molecule has 0 saturated carbocycles. The predicted molar refractivity (Wildman–Crippen MR) is 237 cm³/mol. The molecule has 0 aliphatic heterocycles. The van der Waals surface area contributed by atoms with Crippen LogP contribution in [0.15, 0.2) is 136 Å². The maximum Gasteiger partial charge on any atom is 0.338 e. The molecule has 62 heavy (non-hydrogen) atoms. The van der Waals surface area contributed by atoms with Crippen molar-refractivity contribution in [1.82, 2.24) is 0 Å². The van der Waals surface area contributed by atoms with E-state index in [1.165, 1.54) is 0 Å². The zero-order chi connectivity index (χ0) is 43.6. The highest BCUT2D eigenvalue weighted by Crippen LogP contribution is 2.26. The summed E-state index contributed by atoms with van der Waals surface area (Å²) in [5.74, 6) is 2.23. The van der Waals surface area contributed by atoms with E-state index in [4.69, 9.17) is 28.4 Å². The minimum absolute atomic E-state index is 0.0877. The Morgan fingerprint density at radius 3 is 1.03 bits per heavy atom. The molecule has 0 heterocycles. The summed E-state index contributed by atoms with van der Waals surface area (Å²) in [6, 6.07) is 34.1. The van der Waals surface area contributed by atoms with Crippen molar-refractivity contribution >= 4 is 34.7 Å². The molecule has 0 aliphatic carbocycles. The molecule has 0 bridgehead atoms. The fourth-order valence-corrected chi connectivity index (χ4v) is 5.97. The first kappa shape index (κ1) is 46.5. The van der Waals surface area contributed by atoms with Crippen molar-refractivity contribution in [2.45, 2.75) is 71.8 Å². The van der Waals surface area contributed by atoms with Crippen LogP contribution < -0.4 is 18.9 Å². The van der Waals surface area contributed by atoms with Gasteiger partial charge in [0.25, 0.3) is 0 Å². The molecule has 0 aliphatic rings. The van der Waals surface area contributed by atoms with Crippen LogP contribution in [0, 0.1) is 0 Å². The Kier molecular flexibility index (Phi) is 19.9. The summed E-state index contributed by atoms with van der Waals surface area (Å²) < 4.78 is 33.8. The number of ether oxygens (including phenoxy) is 6. The number of esters is 2. The first-order valence-electron chi connectivity index (χ1n) is 21.3. The Balaban J connectivity index is 0.882. The summed E-state index contributed by atoms with van der Waals surface area (Å²) in [7, 11) is 0. The van der Waals surface area contributed by atoms with Gasteiger partial charge in [-0.2, -0.15) is 20.5 Å². The van der Waals surface area contributed by atoms with Gasteiger partial charge in [-0.05, 0) is 180 Å². The number of unbranched alkanes of at least 4 members (excludes halogenated alkanes) is 6. The predicted octanol–water partition coefficient (Wildman–Crippen LogP) is 12.4. The molecule has 0 amide bonds. The molecule has 5 rings (SSSR count). The van der Waals surface area contributed by atoms with E-state index in [0.717, 1.165) is 68.4 Å². The maximum atomic E-state index is 11.8. The van der Waals surface area contributed by atoms with Gasteiger partial charge in [-0.1, -0.05) is 0 Å². The average molecular weight is 845 g/mol. The minimum atomic E-state index is -0.358. The fraction of sp³-hybridized carbons (Fsp3) is 0.347. The number of aliphatic hydroxyl groups excluding tert-OH is 1. The van der Waals surface area contributed by atoms with Crippen LogP contribution in [0.25, 0.3) is 0 Å². The summed E-state index contributed by atoms with van der Waals surface area (Å²) in [5.41, 5.74) is 4.39.